The smallest absolute Gasteiger partial charge is 0.341 e. The van der Waals surface area contributed by atoms with Gasteiger partial charge in [0.05, 0.1) is 22.9 Å². The van der Waals surface area contributed by atoms with E-state index in [1.54, 1.807) is 24.5 Å². The summed E-state index contributed by atoms with van der Waals surface area (Å²) in [7, 11) is -0.975. The topological polar surface area (TPSA) is 62.6 Å². The largest absolute Gasteiger partial charge is 0.468 e. The lowest BCUT2D eigenvalue weighted by Crippen LogP contribution is -2.27. The van der Waals surface area contributed by atoms with Gasteiger partial charge in [0.15, 0.2) is 0 Å². The van der Waals surface area contributed by atoms with Gasteiger partial charge in [0.2, 0.25) is 9.84 Å². The quantitative estimate of drug-likeness (QED) is 0.837. The third kappa shape index (κ3) is 3.89. The molecule has 5 nitrogen and oxygen atoms in total. The van der Waals surface area contributed by atoms with Crippen LogP contribution in [0.25, 0.3) is 0 Å². The van der Waals surface area contributed by atoms with Crippen LogP contribution >= 0.6 is 0 Å². The summed E-state index contributed by atoms with van der Waals surface area (Å²) < 4.78 is 54.4. The van der Waals surface area contributed by atoms with Crippen LogP contribution in [0.4, 0.5) is 14.5 Å². The fourth-order valence-corrected chi connectivity index (χ4v) is 3.09. The number of sulfone groups is 1. The Kier molecular flexibility index (Phi) is 5.38. The zero-order chi connectivity index (χ0) is 17.0. The number of nitrogens with one attached hydrogen (secondary N) is 1. The van der Waals surface area contributed by atoms with Gasteiger partial charge >= 0.3 is 5.76 Å². The van der Waals surface area contributed by atoms with E-state index in [-0.39, 0.29) is 11.7 Å². The molecule has 2 aromatic rings. The van der Waals surface area contributed by atoms with Crippen molar-refractivity contribution in [1.29, 1.82) is 0 Å². The van der Waals surface area contributed by atoms with E-state index in [1.807, 2.05) is 19.0 Å². The van der Waals surface area contributed by atoms with E-state index < -0.39 is 20.5 Å². The number of nitrogens with zero attached hydrogens (tertiary/aromatic N) is 1. The second kappa shape index (κ2) is 7.10. The maximum absolute atomic E-state index is 12.8. The molecule has 0 saturated carbocycles. The summed E-state index contributed by atoms with van der Waals surface area (Å²) in [5.41, 5.74) is 0.145. The van der Waals surface area contributed by atoms with Crippen molar-refractivity contribution >= 4 is 15.5 Å². The number of rotatable bonds is 7. The Morgan fingerprint density at radius 3 is 2.43 bits per heavy atom. The second-order valence-corrected chi connectivity index (χ2v) is 7.06. The van der Waals surface area contributed by atoms with Crippen LogP contribution in [-0.4, -0.2) is 39.7 Å². The molecule has 0 unspecified atom stereocenters. The normalized spacial score (nSPS) is 13.5. The number of alkyl halides is 2. The van der Waals surface area contributed by atoms with Crippen LogP contribution in [0.2, 0.25) is 0 Å². The molecule has 0 fully saturated rings. The SMILES string of the molecule is CN(C)[C@@H](CNc1ccccc1S(=O)(=O)C(F)F)c1ccco1. The van der Waals surface area contributed by atoms with Gasteiger partial charge in [-0.2, -0.15) is 8.78 Å². The standard InChI is InChI=1S/C15H18F2N2O3S/c1-19(2)12(13-7-5-9-22-13)10-18-11-6-3-4-8-14(11)23(20,21)15(16)17/h3-9,12,15,18H,10H2,1-2H3/t12-/m0/s1. The first kappa shape index (κ1) is 17.4. The Hall–Kier alpha value is -1.93. The number of benzene rings is 1. The molecule has 0 bridgehead atoms. The predicted molar refractivity (Wildman–Crippen MR) is 83.3 cm³/mol. The Morgan fingerprint density at radius 2 is 1.87 bits per heavy atom. The maximum Gasteiger partial charge on any atom is 0.341 e. The monoisotopic (exact) mass is 344 g/mol. The lowest BCUT2D eigenvalue weighted by atomic mass is 10.2. The Labute approximate surface area is 133 Å². The van der Waals surface area contributed by atoms with Crippen molar-refractivity contribution in [3.8, 4) is 0 Å². The van der Waals surface area contributed by atoms with E-state index in [0.717, 1.165) is 0 Å². The van der Waals surface area contributed by atoms with Crippen LogP contribution in [0.5, 0.6) is 0 Å². The Morgan fingerprint density at radius 1 is 1.17 bits per heavy atom. The van der Waals surface area contributed by atoms with Gasteiger partial charge in [-0.15, -0.1) is 0 Å². The van der Waals surface area contributed by atoms with Crippen LogP contribution < -0.4 is 5.32 Å². The predicted octanol–water partition coefficient (Wildman–Crippen LogP) is 2.99. The molecule has 8 heteroatoms. The highest BCUT2D eigenvalue weighted by Gasteiger charge is 2.29. The maximum atomic E-state index is 12.8. The molecule has 0 radical (unpaired) electrons. The lowest BCUT2D eigenvalue weighted by Gasteiger charge is -2.23. The van der Waals surface area contributed by atoms with Crippen molar-refractivity contribution < 1.29 is 21.6 Å². The molecule has 1 aromatic carbocycles. The average molecular weight is 344 g/mol. The highest BCUT2D eigenvalue weighted by Crippen LogP contribution is 2.27. The number of hydrogen-bond acceptors (Lipinski definition) is 5. The molecule has 1 aromatic heterocycles. The number of hydrogen-bond donors (Lipinski definition) is 1. The Balaban J connectivity index is 2.24. The molecule has 1 N–H and O–H groups in total. The summed E-state index contributed by atoms with van der Waals surface area (Å²) in [6, 6.07) is 9.01. The van der Waals surface area contributed by atoms with Gasteiger partial charge < -0.3 is 9.73 Å². The summed E-state index contributed by atoms with van der Waals surface area (Å²) >= 11 is 0. The summed E-state index contributed by atoms with van der Waals surface area (Å²) in [5, 5.41) is 2.93. The van der Waals surface area contributed by atoms with E-state index in [4.69, 9.17) is 4.42 Å². The zero-order valence-corrected chi connectivity index (χ0v) is 13.6. The molecule has 1 heterocycles. The minimum absolute atomic E-state index is 0.145. The molecule has 2 rings (SSSR count). The number of likely N-dealkylation sites (N-methyl/N-ethyl adjacent to an activating group) is 1. The lowest BCUT2D eigenvalue weighted by molar-refractivity contribution is 0.235. The molecule has 0 aliphatic rings. The molecular formula is C15H18F2N2O3S. The fraction of sp³-hybridized carbons (Fsp3) is 0.333. The van der Waals surface area contributed by atoms with E-state index in [9.17, 15) is 17.2 Å². The third-order valence-electron chi connectivity index (χ3n) is 3.41. The highest BCUT2D eigenvalue weighted by atomic mass is 32.2. The molecule has 23 heavy (non-hydrogen) atoms. The van der Waals surface area contributed by atoms with Gasteiger partial charge in [-0.1, -0.05) is 12.1 Å². The van der Waals surface area contributed by atoms with Crippen LogP contribution in [0.3, 0.4) is 0 Å². The number of halogens is 2. The van der Waals surface area contributed by atoms with Crippen molar-refractivity contribution in [2.24, 2.45) is 0 Å². The van der Waals surface area contributed by atoms with E-state index in [0.29, 0.717) is 12.3 Å². The van der Waals surface area contributed by atoms with Gasteiger partial charge in [0, 0.05) is 6.54 Å². The number of anilines is 1. The van der Waals surface area contributed by atoms with Crippen molar-refractivity contribution in [3.05, 3.63) is 48.4 Å². The van der Waals surface area contributed by atoms with Crippen molar-refractivity contribution in [2.75, 3.05) is 26.0 Å². The molecule has 0 spiro atoms. The minimum Gasteiger partial charge on any atom is -0.468 e. The summed E-state index contributed by atoms with van der Waals surface area (Å²) in [6.45, 7) is 0.302. The van der Waals surface area contributed by atoms with Crippen LogP contribution in [-0.2, 0) is 9.84 Å². The third-order valence-corrected chi connectivity index (χ3v) is 4.85. The fourth-order valence-electron chi connectivity index (χ4n) is 2.18. The average Bonchev–Trinajstić information content (AvgIpc) is 3.01. The van der Waals surface area contributed by atoms with Crippen LogP contribution in [0.1, 0.15) is 11.8 Å². The van der Waals surface area contributed by atoms with Gasteiger partial charge in [0.1, 0.15) is 5.76 Å². The van der Waals surface area contributed by atoms with Gasteiger partial charge in [-0.25, -0.2) is 8.42 Å². The van der Waals surface area contributed by atoms with E-state index in [2.05, 4.69) is 5.32 Å². The van der Waals surface area contributed by atoms with E-state index >= 15 is 0 Å². The van der Waals surface area contributed by atoms with Crippen LogP contribution in [0.15, 0.2) is 52.0 Å². The van der Waals surface area contributed by atoms with Gasteiger partial charge in [-0.05, 0) is 38.4 Å². The highest BCUT2D eigenvalue weighted by molar-refractivity contribution is 7.91. The minimum atomic E-state index is -4.66. The van der Waals surface area contributed by atoms with Crippen molar-refractivity contribution in [1.82, 2.24) is 4.90 Å². The molecule has 0 amide bonds. The summed E-state index contributed by atoms with van der Waals surface area (Å²) in [4.78, 5) is 1.47. The Bertz CT molecular complexity index is 731. The molecule has 1 atom stereocenters. The first-order valence-corrected chi connectivity index (χ1v) is 8.43. The number of furan rings is 1. The van der Waals surface area contributed by atoms with Gasteiger partial charge in [0.25, 0.3) is 0 Å². The van der Waals surface area contributed by atoms with Gasteiger partial charge in [-0.3, -0.25) is 4.90 Å². The second-order valence-electron chi connectivity index (χ2n) is 5.18. The number of para-hydroxylation sites is 1. The molecular weight excluding hydrogens is 326 g/mol. The van der Waals surface area contributed by atoms with Crippen molar-refractivity contribution in [2.45, 2.75) is 16.7 Å². The molecule has 0 saturated heterocycles. The van der Waals surface area contributed by atoms with Crippen LogP contribution in [0, 0.1) is 0 Å². The molecule has 0 aliphatic heterocycles. The summed E-state index contributed by atoms with van der Waals surface area (Å²) in [6.07, 6.45) is 1.54. The first-order chi connectivity index (χ1) is 10.8. The van der Waals surface area contributed by atoms with E-state index in [1.165, 1.54) is 18.2 Å². The van der Waals surface area contributed by atoms with Crippen molar-refractivity contribution in [3.63, 3.8) is 0 Å². The molecule has 126 valence electrons. The first-order valence-electron chi connectivity index (χ1n) is 6.89. The summed E-state index contributed by atoms with van der Waals surface area (Å²) in [5.74, 6) is -2.77. The zero-order valence-electron chi connectivity index (χ0n) is 12.7. The molecule has 0 aliphatic carbocycles.